The quantitative estimate of drug-likeness (QED) is 0.789. The van der Waals surface area contributed by atoms with Crippen LogP contribution in [0.3, 0.4) is 0 Å². The van der Waals surface area contributed by atoms with Crippen molar-refractivity contribution < 1.29 is 9.59 Å². The molecule has 1 heterocycles. The lowest BCUT2D eigenvalue weighted by molar-refractivity contribution is -0.133. The standard InChI is InChI=1S/C19H25N3O2/c1-19(2,3)18(24)22-16(17(23)21-13-8-9-13)10-12-11-20-15-7-5-4-6-14(12)15/h4-7,11,13,16,20H,8-10H2,1-3H3,(H,21,23)(H,22,24)/t16-/m0/s1. The van der Waals surface area contributed by atoms with Gasteiger partial charge < -0.3 is 15.6 Å². The summed E-state index contributed by atoms with van der Waals surface area (Å²) in [6, 6.07) is 7.70. The van der Waals surface area contributed by atoms with Crippen LogP contribution in [-0.2, 0) is 16.0 Å². The molecule has 5 heteroatoms. The Hall–Kier alpha value is -2.30. The van der Waals surface area contributed by atoms with E-state index in [1.807, 2.05) is 51.2 Å². The summed E-state index contributed by atoms with van der Waals surface area (Å²) in [5.41, 5.74) is 1.55. The molecule has 0 saturated heterocycles. The van der Waals surface area contributed by atoms with Gasteiger partial charge in [0.25, 0.3) is 0 Å². The molecule has 3 rings (SSSR count). The number of fused-ring (bicyclic) bond motifs is 1. The van der Waals surface area contributed by atoms with Crippen LogP contribution in [-0.4, -0.2) is 28.9 Å². The summed E-state index contributed by atoms with van der Waals surface area (Å²) in [4.78, 5) is 28.2. The Morgan fingerprint density at radius 1 is 1.25 bits per heavy atom. The van der Waals surface area contributed by atoms with Crippen molar-refractivity contribution >= 4 is 22.7 Å². The SMILES string of the molecule is CC(C)(C)C(=O)N[C@@H](Cc1c[nH]c2ccccc12)C(=O)NC1CC1. The average molecular weight is 327 g/mol. The van der Waals surface area contributed by atoms with Crippen LogP contribution < -0.4 is 10.6 Å². The van der Waals surface area contributed by atoms with Gasteiger partial charge in [0.05, 0.1) is 0 Å². The monoisotopic (exact) mass is 327 g/mol. The predicted octanol–water partition coefficient (Wildman–Crippen LogP) is 2.52. The molecule has 0 spiro atoms. The Morgan fingerprint density at radius 2 is 1.96 bits per heavy atom. The molecule has 1 aliphatic rings. The molecule has 1 saturated carbocycles. The zero-order valence-electron chi connectivity index (χ0n) is 14.5. The molecule has 1 aliphatic carbocycles. The summed E-state index contributed by atoms with van der Waals surface area (Å²) in [6.07, 6.45) is 4.45. The van der Waals surface area contributed by atoms with Crippen molar-refractivity contribution in [1.82, 2.24) is 15.6 Å². The Morgan fingerprint density at radius 3 is 2.62 bits per heavy atom. The molecule has 2 aromatic rings. The maximum Gasteiger partial charge on any atom is 0.243 e. The number of hydrogen-bond acceptors (Lipinski definition) is 2. The number of carbonyl (C=O) groups is 2. The summed E-state index contributed by atoms with van der Waals surface area (Å²) >= 11 is 0. The van der Waals surface area contributed by atoms with Gasteiger partial charge in [-0.05, 0) is 24.5 Å². The molecule has 3 N–H and O–H groups in total. The number of nitrogens with one attached hydrogen (secondary N) is 3. The fourth-order valence-electron chi connectivity index (χ4n) is 2.63. The number of hydrogen-bond donors (Lipinski definition) is 3. The lowest BCUT2D eigenvalue weighted by Gasteiger charge is -2.24. The first-order valence-corrected chi connectivity index (χ1v) is 8.51. The van der Waals surface area contributed by atoms with Crippen LogP contribution in [0.4, 0.5) is 0 Å². The van der Waals surface area contributed by atoms with Gasteiger partial charge >= 0.3 is 0 Å². The van der Waals surface area contributed by atoms with Gasteiger partial charge in [0, 0.05) is 35.0 Å². The molecule has 0 radical (unpaired) electrons. The minimum Gasteiger partial charge on any atom is -0.361 e. The topological polar surface area (TPSA) is 74.0 Å². The first-order valence-electron chi connectivity index (χ1n) is 8.51. The van der Waals surface area contributed by atoms with Crippen LogP contribution in [0.1, 0.15) is 39.2 Å². The number of benzene rings is 1. The number of H-pyrrole nitrogens is 1. The normalized spacial score (nSPS) is 16.0. The summed E-state index contributed by atoms with van der Waals surface area (Å²) in [6.45, 7) is 5.55. The summed E-state index contributed by atoms with van der Waals surface area (Å²) < 4.78 is 0. The van der Waals surface area contributed by atoms with E-state index in [-0.39, 0.29) is 17.9 Å². The van der Waals surface area contributed by atoms with E-state index in [2.05, 4.69) is 15.6 Å². The molecule has 128 valence electrons. The Balaban J connectivity index is 1.80. The van der Waals surface area contributed by atoms with Crippen molar-refractivity contribution in [2.45, 2.75) is 52.1 Å². The molecule has 0 bridgehead atoms. The molecule has 24 heavy (non-hydrogen) atoms. The zero-order valence-corrected chi connectivity index (χ0v) is 14.5. The third kappa shape index (κ3) is 3.78. The van der Waals surface area contributed by atoms with E-state index in [4.69, 9.17) is 0 Å². The van der Waals surface area contributed by atoms with Crippen LogP contribution in [0.15, 0.2) is 30.5 Å². The molecule has 5 nitrogen and oxygen atoms in total. The summed E-state index contributed by atoms with van der Waals surface area (Å²) in [7, 11) is 0. The average Bonchev–Trinajstić information content (AvgIpc) is 3.24. The van der Waals surface area contributed by atoms with Gasteiger partial charge in [-0.25, -0.2) is 0 Å². The van der Waals surface area contributed by atoms with E-state index in [1.54, 1.807) is 0 Å². The van der Waals surface area contributed by atoms with Gasteiger partial charge in [-0.2, -0.15) is 0 Å². The van der Waals surface area contributed by atoms with Crippen LogP contribution in [0.25, 0.3) is 10.9 Å². The van der Waals surface area contributed by atoms with Gasteiger partial charge in [-0.1, -0.05) is 39.0 Å². The minimum atomic E-state index is -0.559. The third-order valence-electron chi connectivity index (χ3n) is 4.33. The number of aromatic nitrogens is 1. The largest absolute Gasteiger partial charge is 0.361 e. The van der Waals surface area contributed by atoms with Crippen LogP contribution in [0, 0.1) is 5.41 Å². The highest BCUT2D eigenvalue weighted by Crippen LogP contribution is 2.22. The minimum absolute atomic E-state index is 0.0969. The molecule has 0 aliphatic heterocycles. The van der Waals surface area contributed by atoms with Crippen LogP contribution in [0.5, 0.6) is 0 Å². The van der Waals surface area contributed by atoms with Crippen LogP contribution >= 0.6 is 0 Å². The fourth-order valence-corrected chi connectivity index (χ4v) is 2.63. The van der Waals surface area contributed by atoms with Crippen molar-refractivity contribution in [3.05, 3.63) is 36.0 Å². The number of carbonyl (C=O) groups excluding carboxylic acids is 2. The molecular weight excluding hydrogens is 302 g/mol. The summed E-state index contributed by atoms with van der Waals surface area (Å²) in [5, 5.41) is 7.02. The molecule has 1 aromatic carbocycles. The van der Waals surface area contributed by atoms with Crippen molar-refractivity contribution in [1.29, 1.82) is 0 Å². The lowest BCUT2D eigenvalue weighted by atomic mass is 9.94. The summed E-state index contributed by atoms with van der Waals surface area (Å²) in [5.74, 6) is -0.210. The maximum absolute atomic E-state index is 12.6. The Kier molecular flexibility index (Phi) is 4.35. The number of amides is 2. The second kappa shape index (κ2) is 6.30. The molecule has 0 unspecified atom stereocenters. The van der Waals surface area contributed by atoms with Crippen molar-refractivity contribution in [3.8, 4) is 0 Å². The van der Waals surface area contributed by atoms with Gasteiger partial charge in [-0.3, -0.25) is 9.59 Å². The molecular formula is C19H25N3O2. The number of rotatable bonds is 5. The predicted molar refractivity (Wildman–Crippen MR) is 94.6 cm³/mol. The van der Waals surface area contributed by atoms with Gasteiger partial charge in [-0.15, -0.1) is 0 Å². The fraction of sp³-hybridized carbons (Fsp3) is 0.474. The first-order chi connectivity index (χ1) is 11.3. The molecule has 1 fully saturated rings. The lowest BCUT2D eigenvalue weighted by Crippen LogP contribution is -2.51. The number of aromatic amines is 1. The van der Waals surface area contributed by atoms with Gasteiger partial charge in [0.2, 0.25) is 11.8 Å². The maximum atomic E-state index is 12.6. The van der Waals surface area contributed by atoms with Crippen LogP contribution in [0.2, 0.25) is 0 Å². The highest BCUT2D eigenvalue weighted by Gasteiger charge is 2.31. The van der Waals surface area contributed by atoms with Crippen molar-refractivity contribution in [2.75, 3.05) is 0 Å². The van der Waals surface area contributed by atoms with Crippen molar-refractivity contribution in [2.24, 2.45) is 5.41 Å². The van der Waals surface area contributed by atoms with E-state index >= 15 is 0 Å². The second-order valence-corrected chi connectivity index (χ2v) is 7.62. The van der Waals surface area contributed by atoms with E-state index in [0.717, 1.165) is 29.3 Å². The smallest absolute Gasteiger partial charge is 0.243 e. The molecule has 2 amide bonds. The first kappa shape index (κ1) is 16.6. The Labute approximate surface area is 142 Å². The molecule has 1 atom stereocenters. The highest BCUT2D eigenvalue weighted by atomic mass is 16.2. The van der Waals surface area contributed by atoms with Gasteiger partial charge in [0.1, 0.15) is 6.04 Å². The van der Waals surface area contributed by atoms with E-state index < -0.39 is 11.5 Å². The van der Waals surface area contributed by atoms with E-state index in [0.29, 0.717) is 6.42 Å². The van der Waals surface area contributed by atoms with Crippen molar-refractivity contribution in [3.63, 3.8) is 0 Å². The molecule has 1 aromatic heterocycles. The second-order valence-electron chi connectivity index (χ2n) is 7.62. The Bertz CT molecular complexity index is 753. The highest BCUT2D eigenvalue weighted by molar-refractivity contribution is 5.91. The number of para-hydroxylation sites is 1. The zero-order chi connectivity index (χ0) is 17.3. The third-order valence-corrected chi connectivity index (χ3v) is 4.33. The van der Waals surface area contributed by atoms with E-state index in [1.165, 1.54) is 0 Å². The van der Waals surface area contributed by atoms with Gasteiger partial charge in [0.15, 0.2) is 0 Å². The van der Waals surface area contributed by atoms with E-state index in [9.17, 15) is 9.59 Å².